The first-order chi connectivity index (χ1) is 12.2. The number of para-hydroxylation sites is 1. The molecule has 1 amide bonds. The van der Waals surface area contributed by atoms with Crippen molar-refractivity contribution in [1.82, 2.24) is 10.3 Å². The van der Waals surface area contributed by atoms with Gasteiger partial charge in [0.1, 0.15) is 0 Å². The van der Waals surface area contributed by atoms with E-state index in [4.69, 9.17) is 0 Å². The van der Waals surface area contributed by atoms with Gasteiger partial charge in [0.15, 0.2) is 6.04 Å². The van der Waals surface area contributed by atoms with Crippen LogP contribution in [-0.4, -0.2) is 30.0 Å². The number of aromatic amines is 1. The summed E-state index contributed by atoms with van der Waals surface area (Å²) in [7, 11) is 0. The summed E-state index contributed by atoms with van der Waals surface area (Å²) >= 11 is 0. The summed E-state index contributed by atoms with van der Waals surface area (Å²) in [4.78, 5) is 15.4. The van der Waals surface area contributed by atoms with Gasteiger partial charge < -0.3 is 15.6 Å². The smallest absolute Gasteiger partial charge is 0.277 e. The minimum atomic E-state index is -0.101. The summed E-state index contributed by atoms with van der Waals surface area (Å²) in [5.74, 6) is 0.322. The highest BCUT2D eigenvalue weighted by atomic mass is 16.2. The van der Waals surface area contributed by atoms with E-state index in [1.807, 2.05) is 26.0 Å². The summed E-state index contributed by atoms with van der Waals surface area (Å²) in [6.45, 7) is 5.40. The lowest BCUT2D eigenvalue weighted by molar-refractivity contribution is -0.674. The Balaban J connectivity index is 1.88. The van der Waals surface area contributed by atoms with Crippen LogP contribution in [0.4, 0.5) is 0 Å². The van der Waals surface area contributed by atoms with Crippen LogP contribution in [0.25, 0.3) is 10.9 Å². The molecule has 130 valence electrons. The molecule has 1 heterocycles. The Morgan fingerprint density at radius 3 is 2.60 bits per heavy atom. The van der Waals surface area contributed by atoms with E-state index in [1.54, 1.807) is 0 Å². The standard InChI is InChI=1S/C21H25N3O/c1-3-22-21(25)15(2)23-13-18(16-9-5-4-6-10-16)19-14-24-20-12-8-7-11-17(19)20/h4-12,14-15,18,23-24H,3,13H2,1-2H3,(H,22,25)/p+1/t15-,18-/m1/s1. The number of hydrogen-bond donors (Lipinski definition) is 3. The average Bonchev–Trinajstić information content (AvgIpc) is 3.07. The molecule has 0 unspecified atom stereocenters. The zero-order chi connectivity index (χ0) is 17.6. The Labute approximate surface area is 148 Å². The summed E-state index contributed by atoms with van der Waals surface area (Å²) < 4.78 is 0. The molecule has 0 saturated carbocycles. The second-order valence-corrected chi connectivity index (χ2v) is 6.41. The van der Waals surface area contributed by atoms with Gasteiger partial charge in [0, 0.05) is 23.6 Å². The molecule has 3 rings (SSSR count). The van der Waals surface area contributed by atoms with Crippen LogP contribution in [0, 0.1) is 0 Å². The Bertz CT molecular complexity index is 825. The summed E-state index contributed by atoms with van der Waals surface area (Å²) in [5, 5.41) is 6.27. The molecule has 0 aliphatic heterocycles. The maximum absolute atomic E-state index is 12.0. The second-order valence-electron chi connectivity index (χ2n) is 6.41. The van der Waals surface area contributed by atoms with Crippen LogP contribution < -0.4 is 10.6 Å². The lowest BCUT2D eigenvalue weighted by Crippen LogP contribution is -2.92. The molecule has 2 aromatic carbocycles. The molecule has 4 heteroatoms. The summed E-state index contributed by atoms with van der Waals surface area (Å²) in [6, 6.07) is 18.8. The molecule has 0 saturated heterocycles. The SMILES string of the molecule is CCNC(=O)[C@@H](C)[NH2+]C[C@H](c1ccccc1)c1c[nH]c2ccccc12. The number of quaternary nitrogens is 1. The number of fused-ring (bicyclic) bond motifs is 1. The Hall–Kier alpha value is -2.59. The first kappa shape index (κ1) is 17.2. The number of amides is 1. The van der Waals surface area contributed by atoms with E-state index < -0.39 is 0 Å². The molecule has 2 atom stereocenters. The highest BCUT2D eigenvalue weighted by Crippen LogP contribution is 2.29. The molecule has 3 aromatic rings. The van der Waals surface area contributed by atoms with Crippen LogP contribution >= 0.6 is 0 Å². The number of hydrogen-bond acceptors (Lipinski definition) is 1. The van der Waals surface area contributed by atoms with Crippen molar-refractivity contribution < 1.29 is 10.1 Å². The Kier molecular flexibility index (Phi) is 5.51. The predicted octanol–water partition coefficient (Wildman–Crippen LogP) is 2.39. The zero-order valence-electron chi connectivity index (χ0n) is 14.8. The molecule has 25 heavy (non-hydrogen) atoms. The van der Waals surface area contributed by atoms with Crippen molar-refractivity contribution in [3.05, 3.63) is 71.9 Å². The van der Waals surface area contributed by atoms with E-state index in [1.165, 1.54) is 16.5 Å². The first-order valence-corrected chi connectivity index (χ1v) is 8.92. The van der Waals surface area contributed by atoms with Gasteiger partial charge in [-0.15, -0.1) is 0 Å². The molecule has 0 aliphatic carbocycles. The number of likely N-dealkylation sites (N-methyl/N-ethyl adjacent to an activating group) is 1. The minimum absolute atomic E-state index is 0.0910. The number of rotatable bonds is 7. The van der Waals surface area contributed by atoms with Gasteiger partial charge in [-0.3, -0.25) is 4.79 Å². The molecule has 1 aromatic heterocycles. The molecule has 0 fully saturated rings. The van der Waals surface area contributed by atoms with Crippen molar-refractivity contribution in [1.29, 1.82) is 0 Å². The van der Waals surface area contributed by atoms with Crippen LogP contribution in [0.2, 0.25) is 0 Å². The fourth-order valence-corrected chi connectivity index (χ4v) is 3.29. The number of aromatic nitrogens is 1. The Morgan fingerprint density at radius 1 is 1.12 bits per heavy atom. The van der Waals surface area contributed by atoms with Crippen molar-refractivity contribution >= 4 is 16.8 Å². The predicted molar refractivity (Wildman–Crippen MR) is 102 cm³/mol. The molecular weight excluding hydrogens is 310 g/mol. The molecule has 4 N–H and O–H groups in total. The first-order valence-electron chi connectivity index (χ1n) is 8.92. The number of carbonyl (C=O) groups excluding carboxylic acids is 1. The normalized spacial score (nSPS) is 13.5. The van der Waals surface area contributed by atoms with Crippen LogP contribution in [0.5, 0.6) is 0 Å². The van der Waals surface area contributed by atoms with Crippen LogP contribution in [0.1, 0.15) is 30.9 Å². The lowest BCUT2D eigenvalue weighted by atomic mass is 9.90. The molecule has 0 radical (unpaired) electrons. The quantitative estimate of drug-likeness (QED) is 0.609. The highest BCUT2D eigenvalue weighted by molar-refractivity contribution is 5.84. The van der Waals surface area contributed by atoms with Crippen LogP contribution in [-0.2, 0) is 4.79 Å². The number of H-pyrrole nitrogens is 1. The van der Waals surface area contributed by atoms with Crippen molar-refractivity contribution in [2.24, 2.45) is 0 Å². The van der Waals surface area contributed by atoms with Crippen molar-refractivity contribution in [3.63, 3.8) is 0 Å². The number of nitrogens with two attached hydrogens (primary N) is 1. The third-order valence-electron chi connectivity index (χ3n) is 4.69. The van der Waals surface area contributed by atoms with Crippen LogP contribution in [0.15, 0.2) is 60.8 Å². The topological polar surface area (TPSA) is 61.5 Å². The largest absolute Gasteiger partial charge is 0.361 e. The number of carbonyl (C=O) groups is 1. The van der Waals surface area contributed by atoms with Gasteiger partial charge in [0.25, 0.3) is 5.91 Å². The average molecular weight is 336 g/mol. The molecule has 0 bridgehead atoms. The summed E-state index contributed by atoms with van der Waals surface area (Å²) in [5.41, 5.74) is 3.70. The van der Waals surface area contributed by atoms with E-state index in [0.29, 0.717) is 6.54 Å². The van der Waals surface area contributed by atoms with E-state index in [0.717, 1.165) is 12.1 Å². The summed E-state index contributed by atoms with van der Waals surface area (Å²) in [6.07, 6.45) is 2.10. The molecule has 0 aliphatic rings. The van der Waals surface area contributed by atoms with Crippen molar-refractivity contribution in [3.8, 4) is 0 Å². The molecule has 4 nitrogen and oxygen atoms in total. The highest BCUT2D eigenvalue weighted by Gasteiger charge is 2.23. The molecule has 0 spiro atoms. The third kappa shape index (κ3) is 3.91. The lowest BCUT2D eigenvalue weighted by Gasteiger charge is -2.18. The van der Waals surface area contributed by atoms with E-state index >= 15 is 0 Å². The van der Waals surface area contributed by atoms with Crippen LogP contribution in [0.3, 0.4) is 0 Å². The van der Waals surface area contributed by atoms with Gasteiger partial charge in [-0.25, -0.2) is 0 Å². The van der Waals surface area contributed by atoms with Gasteiger partial charge >= 0.3 is 0 Å². The zero-order valence-corrected chi connectivity index (χ0v) is 14.8. The van der Waals surface area contributed by atoms with Crippen molar-refractivity contribution in [2.75, 3.05) is 13.1 Å². The molecular formula is C21H26N3O+. The van der Waals surface area contributed by atoms with E-state index in [2.05, 4.69) is 64.3 Å². The number of benzene rings is 2. The van der Waals surface area contributed by atoms with E-state index in [9.17, 15) is 4.79 Å². The minimum Gasteiger partial charge on any atom is -0.361 e. The second kappa shape index (κ2) is 7.99. The van der Waals surface area contributed by atoms with E-state index in [-0.39, 0.29) is 17.9 Å². The van der Waals surface area contributed by atoms with Gasteiger partial charge in [-0.2, -0.15) is 0 Å². The maximum Gasteiger partial charge on any atom is 0.277 e. The van der Waals surface area contributed by atoms with Crippen molar-refractivity contribution in [2.45, 2.75) is 25.8 Å². The van der Waals surface area contributed by atoms with Gasteiger partial charge in [-0.05, 0) is 31.0 Å². The fourth-order valence-electron chi connectivity index (χ4n) is 3.29. The van der Waals surface area contributed by atoms with Gasteiger partial charge in [0.2, 0.25) is 0 Å². The fraction of sp³-hybridized carbons (Fsp3) is 0.286. The monoisotopic (exact) mass is 336 g/mol. The number of nitrogens with one attached hydrogen (secondary N) is 2. The maximum atomic E-state index is 12.0. The van der Waals surface area contributed by atoms with Gasteiger partial charge in [-0.1, -0.05) is 48.5 Å². The Morgan fingerprint density at radius 2 is 1.84 bits per heavy atom. The third-order valence-corrected chi connectivity index (χ3v) is 4.69. The van der Waals surface area contributed by atoms with Gasteiger partial charge in [0.05, 0.1) is 12.5 Å².